The molecule has 1 aromatic carbocycles. The summed E-state index contributed by atoms with van der Waals surface area (Å²) in [7, 11) is 0. The Morgan fingerprint density at radius 2 is 1.68 bits per heavy atom. The van der Waals surface area contributed by atoms with Crippen LogP contribution >= 0.6 is 11.8 Å². The number of hydrogen-bond donors (Lipinski definition) is 2. The van der Waals surface area contributed by atoms with Crippen LogP contribution in [0, 0.1) is 5.41 Å². The topological polar surface area (TPSA) is 67.4 Å². The second-order valence-electron chi connectivity index (χ2n) is 7.37. The van der Waals surface area contributed by atoms with Crippen LogP contribution in [0.3, 0.4) is 0 Å². The van der Waals surface area contributed by atoms with Gasteiger partial charge in [0, 0.05) is 11.3 Å². The Labute approximate surface area is 155 Å². The summed E-state index contributed by atoms with van der Waals surface area (Å²) in [6.45, 7) is 12.3. The molecule has 0 aliphatic carbocycles. The summed E-state index contributed by atoms with van der Waals surface area (Å²) in [5.41, 5.74) is 0.841. The second-order valence-corrected chi connectivity index (χ2v) is 9.05. The highest BCUT2D eigenvalue weighted by molar-refractivity contribution is 8.01. The smallest absolute Gasteiger partial charge is 0.408 e. The van der Waals surface area contributed by atoms with E-state index in [0.717, 1.165) is 5.56 Å². The van der Waals surface area contributed by atoms with Crippen molar-refractivity contribution in [3.8, 4) is 0 Å². The number of thioether (sulfide) groups is 1. The highest BCUT2D eigenvalue weighted by Crippen LogP contribution is 2.20. The first kappa shape index (κ1) is 21.4. The fourth-order valence-corrected chi connectivity index (χ4v) is 2.71. The van der Waals surface area contributed by atoms with Crippen LogP contribution in [-0.4, -0.2) is 28.7 Å². The zero-order chi connectivity index (χ0) is 19.0. The molecule has 0 heterocycles. The lowest BCUT2D eigenvalue weighted by atomic mass is 9.88. The second kappa shape index (κ2) is 9.70. The van der Waals surface area contributed by atoms with Gasteiger partial charge >= 0.3 is 6.09 Å². The molecule has 6 heteroatoms. The van der Waals surface area contributed by atoms with Crippen LogP contribution in [0.15, 0.2) is 30.3 Å². The molecule has 0 saturated heterocycles. The van der Waals surface area contributed by atoms with Crippen LogP contribution in [0.1, 0.15) is 47.1 Å². The Balaban J connectivity index is 2.62. The van der Waals surface area contributed by atoms with Crippen LogP contribution < -0.4 is 10.6 Å². The van der Waals surface area contributed by atoms with Crippen molar-refractivity contribution in [3.05, 3.63) is 35.9 Å². The molecule has 140 valence electrons. The van der Waals surface area contributed by atoms with Crippen molar-refractivity contribution in [2.45, 2.75) is 64.8 Å². The lowest BCUT2D eigenvalue weighted by molar-refractivity contribution is -0.122. The van der Waals surface area contributed by atoms with Crippen LogP contribution in [0.4, 0.5) is 4.79 Å². The summed E-state index contributed by atoms with van der Waals surface area (Å²) in [5, 5.41) is 5.14. The van der Waals surface area contributed by atoms with E-state index >= 15 is 0 Å². The van der Waals surface area contributed by atoms with Gasteiger partial charge in [-0.1, -0.05) is 65.0 Å². The van der Waals surface area contributed by atoms with Crippen molar-refractivity contribution in [2.24, 2.45) is 5.41 Å². The minimum Gasteiger partial charge on any atom is -0.445 e. The van der Waals surface area contributed by atoms with Crippen molar-refractivity contribution < 1.29 is 14.3 Å². The van der Waals surface area contributed by atoms with Gasteiger partial charge in [0.15, 0.2) is 5.37 Å². The van der Waals surface area contributed by atoms with Gasteiger partial charge in [-0.15, -0.1) is 11.8 Å². The molecule has 0 spiro atoms. The molecule has 2 amide bonds. The summed E-state index contributed by atoms with van der Waals surface area (Å²) >= 11 is 1.39. The number of hydrogen-bond acceptors (Lipinski definition) is 4. The predicted octanol–water partition coefficient (Wildman–Crippen LogP) is 3.93. The molecule has 0 radical (unpaired) electrons. The third kappa shape index (κ3) is 8.29. The first-order valence-corrected chi connectivity index (χ1v) is 9.47. The molecule has 25 heavy (non-hydrogen) atoms. The van der Waals surface area contributed by atoms with Gasteiger partial charge in [-0.3, -0.25) is 4.79 Å². The van der Waals surface area contributed by atoms with E-state index in [-0.39, 0.29) is 29.2 Å². The minimum absolute atomic E-state index is 0.0163. The van der Waals surface area contributed by atoms with Gasteiger partial charge in [-0.25, -0.2) is 4.79 Å². The number of alkyl carbamates (subject to hydrolysis) is 1. The Bertz CT molecular complexity index is 556. The zero-order valence-electron chi connectivity index (χ0n) is 16.0. The average molecular weight is 367 g/mol. The van der Waals surface area contributed by atoms with Gasteiger partial charge in [0.25, 0.3) is 5.91 Å². The van der Waals surface area contributed by atoms with Gasteiger partial charge < -0.3 is 15.4 Å². The maximum Gasteiger partial charge on any atom is 0.408 e. The minimum atomic E-state index is -0.687. The van der Waals surface area contributed by atoms with Crippen molar-refractivity contribution in [1.29, 1.82) is 0 Å². The SMILES string of the molecule is CC(C)SC(NC(=O)OCc1ccccc1)C(=O)N[C@H](C)C(C)(C)C. The van der Waals surface area contributed by atoms with Gasteiger partial charge in [0.05, 0.1) is 0 Å². The number of rotatable bonds is 7. The van der Waals surface area contributed by atoms with Crippen molar-refractivity contribution in [1.82, 2.24) is 10.6 Å². The zero-order valence-corrected chi connectivity index (χ0v) is 16.8. The molecule has 0 bridgehead atoms. The number of ether oxygens (including phenoxy) is 1. The Morgan fingerprint density at radius 1 is 1.08 bits per heavy atom. The van der Waals surface area contributed by atoms with Crippen LogP contribution in [0.5, 0.6) is 0 Å². The van der Waals surface area contributed by atoms with Crippen molar-refractivity contribution >= 4 is 23.8 Å². The largest absolute Gasteiger partial charge is 0.445 e. The molecular formula is C19H30N2O3S. The Morgan fingerprint density at radius 3 is 2.20 bits per heavy atom. The van der Waals surface area contributed by atoms with Crippen LogP contribution in [-0.2, 0) is 16.1 Å². The third-order valence-electron chi connectivity index (χ3n) is 3.77. The van der Waals surface area contributed by atoms with E-state index in [2.05, 4.69) is 31.4 Å². The van der Waals surface area contributed by atoms with E-state index in [1.165, 1.54) is 11.8 Å². The summed E-state index contributed by atoms with van der Waals surface area (Å²) in [5.74, 6) is -0.210. The summed E-state index contributed by atoms with van der Waals surface area (Å²) in [6.07, 6.45) is -0.597. The molecule has 0 aliphatic rings. The molecule has 2 N–H and O–H groups in total. The quantitative estimate of drug-likeness (QED) is 0.718. The number of carbonyl (C=O) groups is 2. The van der Waals surface area contributed by atoms with E-state index < -0.39 is 11.5 Å². The third-order valence-corrected chi connectivity index (χ3v) is 4.91. The number of carbonyl (C=O) groups excluding carboxylic acids is 2. The average Bonchev–Trinajstić information content (AvgIpc) is 2.52. The number of amides is 2. The lowest BCUT2D eigenvalue weighted by Gasteiger charge is -2.30. The predicted molar refractivity (Wildman–Crippen MR) is 103 cm³/mol. The first-order chi connectivity index (χ1) is 11.6. The summed E-state index contributed by atoms with van der Waals surface area (Å²) < 4.78 is 5.22. The normalized spacial score (nSPS) is 13.9. The molecular weight excluding hydrogens is 336 g/mol. The van der Waals surface area contributed by atoms with Gasteiger partial charge in [0.1, 0.15) is 6.61 Å². The molecule has 2 atom stereocenters. The lowest BCUT2D eigenvalue weighted by Crippen LogP contribution is -2.50. The molecule has 0 aromatic heterocycles. The fraction of sp³-hybridized carbons (Fsp3) is 0.579. The number of benzene rings is 1. The fourth-order valence-electron chi connectivity index (χ4n) is 1.81. The Hall–Kier alpha value is -1.69. The van der Waals surface area contributed by atoms with Crippen molar-refractivity contribution in [3.63, 3.8) is 0 Å². The standard InChI is InChI=1S/C19H30N2O3S/c1-13(2)25-17(16(22)20-14(3)19(4,5)6)21-18(23)24-12-15-10-8-7-9-11-15/h7-11,13-14,17H,12H2,1-6H3,(H,20,22)(H,21,23)/t14-,17?/m1/s1. The highest BCUT2D eigenvalue weighted by atomic mass is 32.2. The van der Waals surface area contributed by atoms with Gasteiger partial charge in [-0.2, -0.15) is 0 Å². The van der Waals surface area contributed by atoms with Crippen LogP contribution in [0.2, 0.25) is 0 Å². The molecule has 1 aromatic rings. The number of nitrogens with one attached hydrogen (secondary N) is 2. The molecule has 1 unspecified atom stereocenters. The van der Waals surface area contributed by atoms with Gasteiger partial charge in [-0.05, 0) is 17.9 Å². The van der Waals surface area contributed by atoms with E-state index in [9.17, 15) is 9.59 Å². The maximum atomic E-state index is 12.5. The molecule has 0 fully saturated rings. The van der Waals surface area contributed by atoms with E-state index in [1.807, 2.05) is 51.1 Å². The van der Waals surface area contributed by atoms with E-state index in [1.54, 1.807) is 0 Å². The highest BCUT2D eigenvalue weighted by Gasteiger charge is 2.28. The monoisotopic (exact) mass is 366 g/mol. The molecule has 1 rings (SSSR count). The van der Waals surface area contributed by atoms with Crippen molar-refractivity contribution in [2.75, 3.05) is 0 Å². The van der Waals surface area contributed by atoms with E-state index in [0.29, 0.717) is 0 Å². The molecule has 5 nitrogen and oxygen atoms in total. The van der Waals surface area contributed by atoms with Crippen LogP contribution in [0.25, 0.3) is 0 Å². The Kier molecular flexibility index (Phi) is 8.29. The van der Waals surface area contributed by atoms with E-state index in [4.69, 9.17) is 4.74 Å². The molecule has 0 aliphatic heterocycles. The summed E-state index contributed by atoms with van der Waals surface area (Å²) in [4.78, 5) is 24.6. The van der Waals surface area contributed by atoms with Gasteiger partial charge in [0.2, 0.25) is 0 Å². The molecule has 0 saturated carbocycles. The summed E-state index contributed by atoms with van der Waals surface area (Å²) in [6, 6.07) is 9.42. The maximum absolute atomic E-state index is 12.5. The first-order valence-electron chi connectivity index (χ1n) is 8.52.